The minimum Gasteiger partial charge on any atom is -0.303 e. The first kappa shape index (κ1) is 11.2. The zero-order valence-corrected chi connectivity index (χ0v) is 8.45. The third-order valence-electron chi connectivity index (χ3n) is 2.52. The number of rotatable bonds is 3. The molecule has 2 N–H and O–H groups in total. The van der Waals surface area contributed by atoms with Crippen LogP contribution in [0.25, 0.3) is 0 Å². The summed E-state index contributed by atoms with van der Waals surface area (Å²) in [5.41, 5.74) is 0. The van der Waals surface area contributed by atoms with Crippen molar-refractivity contribution < 1.29 is 18.9 Å². The highest BCUT2D eigenvalue weighted by molar-refractivity contribution is 7.46. The van der Waals surface area contributed by atoms with Gasteiger partial charge in [0, 0.05) is 0 Å². The van der Waals surface area contributed by atoms with E-state index in [1.807, 2.05) is 0 Å². The molecule has 5 heteroatoms. The van der Waals surface area contributed by atoms with Crippen molar-refractivity contribution in [1.82, 2.24) is 0 Å². The van der Waals surface area contributed by atoms with Gasteiger partial charge in [-0.05, 0) is 25.2 Å². The molecule has 4 nitrogen and oxygen atoms in total. The van der Waals surface area contributed by atoms with E-state index in [-0.39, 0.29) is 18.4 Å². The molecule has 0 aromatic rings. The van der Waals surface area contributed by atoms with Crippen molar-refractivity contribution >= 4 is 7.82 Å². The summed E-state index contributed by atoms with van der Waals surface area (Å²) in [6, 6.07) is 0. The van der Waals surface area contributed by atoms with E-state index in [0.717, 1.165) is 19.3 Å². The third kappa shape index (κ3) is 4.23. The van der Waals surface area contributed by atoms with Gasteiger partial charge in [0.1, 0.15) is 0 Å². The predicted molar refractivity (Wildman–Crippen MR) is 48.8 cm³/mol. The van der Waals surface area contributed by atoms with Gasteiger partial charge in [0.25, 0.3) is 0 Å². The molecule has 1 rings (SSSR count). The molecule has 0 aromatic carbocycles. The lowest BCUT2D eigenvalue weighted by molar-refractivity contribution is 0.130. The molecule has 0 amide bonds. The van der Waals surface area contributed by atoms with Gasteiger partial charge in [-0.3, -0.25) is 4.52 Å². The van der Waals surface area contributed by atoms with Gasteiger partial charge >= 0.3 is 7.82 Å². The molecule has 0 aliphatic heterocycles. The van der Waals surface area contributed by atoms with Crippen molar-refractivity contribution in [2.24, 2.45) is 11.8 Å². The van der Waals surface area contributed by atoms with E-state index in [1.54, 1.807) is 0 Å². The fourth-order valence-electron chi connectivity index (χ4n) is 1.70. The van der Waals surface area contributed by atoms with E-state index in [1.165, 1.54) is 6.42 Å². The number of phosphoric acid groups is 1. The van der Waals surface area contributed by atoms with Crippen molar-refractivity contribution in [3.05, 3.63) is 6.92 Å². The van der Waals surface area contributed by atoms with E-state index in [9.17, 15) is 4.57 Å². The highest BCUT2D eigenvalue weighted by atomic mass is 31.2. The summed E-state index contributed by atoms with van der Waals surface area (Å²) in [4.78, 5) is 17.0. The summed E-state index contributed by atoms with van der Waals surface area (Å²) in [5, 5.41) is 0. The molecule has 77 valence electrons. The first-order valence-electron chi connectivity index (χ1n) is 4.52. The van der Waals surface area contributed by atoms with Crippen molar-refractivity contribution in [2.75, 3.05) is 6.61 Å². The van der Waals surface area contributed by atoms with Gasteiger partial charge in [-0.15, -0.1) is 0 Å². The molecule has 1 aliphatic rings. The zero-order valence-electron chi connectivity index (χ0n) is 7.56. The Morgan fingerprint density at radius 1 is 1.38 bits per heavy atom. The van der Waals surface area contributed by atoms with E-state index >= 15 is 0 Å². The van der Waals surface area contributed by atoms with Crippen molar-refractivity contribution in [3.63, 3.8) is 0 Å². The van der Waals surface area contributed by atoms with Gasteiger partial charge in [0.2, 0.25) is 0 Å². The molecule has 0 aromatic heterocycles. The van der Waals surface area contributed by atoms with Gasteiger partial charge in [0.05, 0.1) is 6.61 Å². The second kappa shape index (κ2) is 4.56. The van der Waals surface area contributed by atoms with Crippen LogP contribution in [0.4, 0.5) is 0 Å². The molecule has 0 heterocycles. The smallest absolute Gasteiger partial charge is 0.303 e. The van der Waals surface area contributed by atoms with Gasteiger partial charge in [-0.1, -0.05) is 19.3 Å². The minimum atomic E-state index is -4.29. The molecular weight excluding hydrogens is 191 g/mol. The van der Waals surface area contributed by atoms with Crippen LogP contribution in [0.5, 0.6) is 0 Å². The lowest BCUT2D eigenvalue weighted by Crippen LogP contribution is -2.21. The minimum absolute atomic E-state index is 0.137. The second-order valence-electron chi connectivity index (χ2n) is 3.59. The summed E-state index contributed by atoms with van der Waals surface area (Å²) >= 11 is 0. The number of hydrogen-bond acceptors (Lipinski definition) is 2. The second-order valence-corrected chi connectivity index (χ2v) is 4.83. The SMILES string of the molecule is [CH2]C1CCCCC1COP(=O)(O)O. The Balaban J connectivity index is 2.31. The van der Waals surface area contributed by atoms with Crippen LogP contribution in [0.3, 0.4) is 0 Å². The van der Waals surface area contributed by atoms with Crippen LogP contribution in [-0.2, 0) is 9.09 Å². The van der Waals surface area contributed by atoms with E-state index in [2.05, 4.69) is 11.4 Å². The summed E-state index contributed by atoms with van der Waals surface area (Å²) in [5.74, 6) is 0.488. The van der Waals surface area contributed by atoms with Crippen molar-refractivity contribution in [3.8, 4) is 0 Å². The molecule has 0 saturated heterocycles. The standard InChI is InChI=1S/C8H16O4P/c1-7-4-2-3-5-8(7)6-12-13(9,10)11/h7-8H,1-6H2,(H2,9,10,11). The maximum atomic E-state index is 10.4. The first-order valence-corrected chi connectivity index (χ1v) is 6.05. The average molecular weight is 207 g/mol. The normalized spacial score (nSPS) is 30.4. The van der Waals surface area contributed by atoms with Crippen LogP contribution in [0, 0.1) is 18.8 Å². The maximum absolute atomic E-state index is 10.4. The Hall–Kier alpha value is 0.110. The highest BCUT2D eigenvalue weighted by Gasteiger charge is 2.24. The van der Waals surface area contributed by atoms with Crippen LogP contribution in [-0.4, -0.2) is 16.4 Å². The molecule has 1 radical (unpaired) electrons. The van der Waals surface area contributed by atoms with Gasteiger partial charge in [0.15, 0.2) is 0 Å². The third-order valence-corrected chi connectivity index (χ3v) is 3.01. The monoisotopic (exact) mass is 207 g/mol. The van der Waals surface area contributed by atoms with Crippen molar-refractivity contribution in [2.45, 2.75) is 25.7 Å². The summed E-state index contributed by atoms with van der Waals surface area (Å²) in [6.45, 7) is 4.08. The van der Waals surface area contributed by atoms with Crippen LogP contribution in [0.1, 0.15) is 25.7 Å². The van der Waals surface area contributed by atoms with Crippen molar-refractivity contribution in [1.29, 1.82) is 0 Å². The molecule has 1 fully saturated rings. The lowest BCUT2D eigenvalue weighted by Gasteiger charge is -2.28. The van der Waals surface area contributed by atoms with Crippen LogP contribution in [0.15, 0.2) is 0 Å². The van der Waals surface area contributed by atoms with Gasteiger partial charge < -0.3 is 9.79 Å². The van der Waals surface area contributed by atoms with Crippen LogP contribution >= 0.6 is 7.82 Å². The zero-order chi connectivity index (χ0) is 9.90. The Kier molecular flexibility index (Phi) is 3.92. The largest absolute Gasteiger partial charge is 0.469 e. The Labute approximate surface area is 78.5 Å². The molecule has 13 heavy (non-hydrogen) atoms. The molecule has 0 spiro atoms. The predicted octanol–water partition coefficient (Wildman–Crippen LogP) is 1.74. The number of hydrogen-bond donors (Lipinski definition) is 2. The quantitative estimate of drug-likeness (QED) is 0.691. The first-order chi connectivity index (χ1) is 5.99. The van der Waals surface area contributed by atoms with E-state index in [4.69, 9.17) is 9.79 Å². The molecule has 0 bridgehead atoms. The Bertz CT molecular complexity index is 200. The molecule has 1 aliphatic carbocycles. The summed E-state index contributed by atoms with van der Waals surface area (Å²) < 4.78 is 14.9. The molecular formula is C8H16O4P. The van der Waals surface area contributed by atoms with E-state index in [0.29, 0.717) is 0 Å². The molecule has 2 atom stereocenters. The summed E-state index contributed by atoms with van der Waals surface area (Å²) in [7, 11) is -4.29. The lowest BCUT2D eigenvalue weighted by atomic mass is 9.81. The highest BCUT2D eigenvalue weighted by Crippen LogP contribution is 2.39. The van der Waals surface area contributed by atoms with Gasteiger partial charge in [-0.25, -0.2) is 4.57 Å². The fraction of sp³-hybridized carbons (Fsp3) is 0.875. The topological polar surface area (TPSA) is 66.8 Å². The number of phosphoric ester groups is 1. The fourth-order valence-corrected chi connectivity index (χ4v) is 2.08. The van der Waals surface area contributed by atoms with Gasteiger partial charge in [-0.2, -0.15) is 0 Å². The summed E-state index contributed by atoms with van der Waals surface area (Å²) in [6.07, 6.45) is 4.28. The molecule has 1 saturated carbocycles. The van der Waals surface area contributed by atoms with E-state index < -0.39 is 7.82 Å². The Morgan fingerprint density at radius 2 is 2.00 bits per heavy atom. The maximum Gasteiger partial charge on any atom is 0.469 e. The van der Waals surface area contributed by atoms with Crippen LogP contribution in [0.2, 0.25) is 0 Å². The molecule has 2 unspecified atom stereocenters. The van der Waals surface area contributed by atoms with Crippen LogP contribution < -0.4 is 0 Å². The Morgan fingerprint density at radius 3 is 2.54 bits per heavy atom. The average Bonchev–Trinajstić information content (AvgIpc) is 2.01.